The highest BCUT2D eigenvalue weighted by Gasteiger charge is 2.34. The summed E-state index contributed by atoms with van der Waals surface area (Å²) in [6, 6.07) is 22.4. The monoisotopic (exact) mass is 380 g/mol. The standard InChI is InChI=1S/C26H20O3/c1-2-15-11-12-18-21(13-15)25(28)20-10-6-4-8-17(20)24(18)22-14-23(27)16-7-3-5-9-19(16)26(22)29/h3-14,24,27,29H,2H2,1H3. The third-order valence-electron chi connectivity index (χ3n) is 5.93. The number of ketones is 1. The van der Waals surface area contributed by atoms with Gasteiger partial charge in [0.2, 0.25) is 0 Å². The molecule has 0 saturated heterocycles. The molecule has 0 spiro atoms. The molecule has 1 atom stereocenters. The maximum absolute atomic E-state index is 13.2. The Morgan fingerprint density at radius 3 is 2.24 bits per heavy atom. The Balaban J connectivity index is 1.85. The Kier molecular flexibility index (Phi) is 3.92. The Hall–Kier alpha value is -3.59. The molecule has 5 rings (SSSR count). The van der Waals surface area contributed by atoms with Crippen LogP contribution in [0, 0.1) is 0 Å². The molecule has 4 aromatic rings. The van der Waals surface area contributed by atoms with E-state index in [-0.39, 0.29) is 23.2 Å². The van der Waals surface area contributed by atoms with Crippen LogP contribution in [0.15, 0.2) is 72.8 Å². The fourth-order valence-electron chi connectivity index (χ4n) is 4.46. The second kappa shape index (κ2) is 6.49. The minimum absolute atomic E-state index is 0.00616. The van der Waals surface area contributed by atoms with Gasteiger partial charge in [-0.05, 0) is 35.2 Å². The van der Waals surface area contributed by atoms with Crippen molar-refractivity contribution in [3.63, 3.8) is 0 Å². The van der Waals surface area contributed by atoms with E-state index < -0.39 is 0 Å². The van der Waals surface area contributed by atoms with Gasteiger partial charge in [0.25, 0.3) is 0 Å². The third kappa shape index (κ3) is 2.54. The summed E-state index contributed by atoms with van der Waals surface area (Å²) in [5.41, 5.74) is 4.72. The predicted molar refractivity (Wildman–Crippen MR) is 114 cm³/mol. The highest BCUT2D eigenvalue weighted by Crippen LogP contribution is 2.47. The van der Waals surface area contributed by atoms with Gasteiger partial charge in [-0.1, -0.05) is 67.6 Å². The number of rotatable bonds is 2. The Morgan fingerprint density at radius 1 is 0.759 bits per heavy atom. The molecule has 0 amide bonds. The molecule has 0 saturated carbocycles. The summed E-state index contributed by atoms with van der Waals surface area (Å²) in [5, 5.41) is 23.0. The Morgan fingerprint density at radius 2 is 1.45 bits per heavy atom. The van der Waals surface area contributed by atoms with E-state index in [1.165, 1.54) is 0 Å². The average molecular weight is 380 g/mol. The second-order valence-corrected chi connectivity index (χ2v) is 7.50. The van der Waals surface area contributed by atoms with Crippen LogP contribution in [-0.4, -0.2) is 16.0 Å². The summed E-state index contributed by atoms with van der Waals surface area (Å²) < 4.78 is 0. The first-order chi connectivity index (χ1) is 14.1. The molecule has 3 nitrogen and oxygen atoms in total. The van der Waals surface area contributed by atoms with E-state index in [2.05, 4.69) is 6.92 Å². The topological polar surface area (TPSA) is 57.5 Å². The van der Waals surface area contributed by atoms with Crippen molar-refractivity contribution >= 4 is 16.6 Å². The number of benzene rings is 4. The molecule has 0 radical (unpaired) electrons. The van der Waals surface area contributed by atoms with Gasteiger partial charge in [-0.25, -0.2) is 0 Å². The van der Waals surface area contributed by atoms with E-state index in [4.69, 9.17) is 0 Å². The molecule has 0 heterocycles. The van der Waals surface area contributed by atoms with Crippen LogP contribution in [0.25, 0.3) is 10.8 Å². The van der Waals surface area contributed by atoms with Gasteiger partial charge in [0, 0.05) is 33.4 Å². The third-order valence-corrected chi connectivity index (χ3v) is 5.93. The highest BCUT2D eigenvalue weighted by molar-refractivity contribution is 6.13. The Bertz CT molecular complexity index is 1290. The molecule has 1 unspecified atom stereocenters. The van der Waals surface area contributed by atoms with Crippen molar-refractivity contribution in [1.29, 1.82) is 0 Å². The van der Waals surface area contributed by atoms with Gasteiger partial charge in [0.15, 0.2) is 5.78 Å². The number of fused-ring (bicyclic) bond motifs is 3. The lowest BCUT2D eigenvalue weighted by molar-refractivity contribution is 0.103. The smallest absolute Gasteiger partial charge is 0.193 e. The van der Waals surface area contributed by atoms with Crippen LogP contribution in [-0.2, 0) is 6.42 Å². The van der Waals surface area contributed by atoms with Crippen LogP contribution in [0.4, 0.5) is 0 Å². The van der Waals surface area contributed by atoms with Crippen molar-refractivity contribution in [2.45, 2.75) is 19.3 Å². The van der Waals surface area contributed by atoms with Crippen molar-refractivity contribution in [3.05, 3.63) is 106 Å². The quantitative estimate of drug-likeness (QED) is 0.396. The zero-order chi connectivity index (χ0) is 20.1. The largest absolute Gasteiger partial charge is 0.507 e. The summed E-state index contributed by atoms with van der Waals surface area (Å²) >= 11 is 0. The molecule has 1 aliphatic carbocycles. The molecule has 2 N–H and O–H groups in total. The number of carbonyl (C=O) groups excluding carboxylic acids is 1. The minimum atomic E-state index is -0.333. The highest BCUT2D eigenvalue weighted by atomic mass is 16.3. The Labute approximate surface area is 168 Å². The van der Waals surface area contributed by atoms with Gasteiger partial charge in [0.1, 0.15) is 11.5 Å². The molecular weight excluding hydrogens is 360 g/mol. The van der Waals surface area contributed by atoms with E-state index in [9.17, 15) is 15.0 Å². The van der Waals surface area contributed by atoms with E-state index in [0.717, 1.165) is 23.1 Å². The summed E-state index contributed by atoms with van der Waals surface area (Å²) in [4.78, 5) is 13.2. The molecule has 0 aromatic heterocycles. The fraction of sp³-hybridized carbons (Fsp3) is 0.115. The van der Waals surface area contributed by atoms with Crippen molar-refractivity contribution in [2.24, 2.45) is 0 Å². The number of carbonyl (C=O) groups is 1. The summed E-state index contributed by atoms with van der Waals surface area (Å²) in [7, 11) is 0. The van der Waals surface area contributed by atoms with E-state index >= 15 is 0 Å². The lowest BCUT2D eigenvalue weighted by Crippen LogP contribution is -2.20. The van der Waals surface area contributed by atoms with Crippen LogP contribution in [0.2, 0.25) is 0 Å². The number of aryl methyl sites for hydroxylation is 1. The zero-order valence-corrected chi connectivity index (χ0v) is 16.0. The first-order valence-electron chi connectivity index (χ1n) is 9.80. The number of phenolic OH excluding ortho intramolecular Hbond substituents is 2. The maximum Gasteiger partial charge on any atom is 0.193 e. The summed E-state index contributed by atoms with van der Waals surface area (Å²) in [5.74, 6) is -0.0699. The molecule has 29 heavy (non-hydrogen) atoms. The molecule has 3 heteroatoms. The lowest BCUT2D eigenvalue weighted by atomic mass is 9.73. The van der Waals surface area contributed by atoms with Gasteiger partial charge < -0.3 is 10.2 Å². The first-order valence-corrected chi connectivity index (χ1v) is 9.80. The molecule has 1 aliphatic rings. The molecule has 0 aliphatic heterocycles. The lowest BCUT2D eigenvalue weighted by Gasteiger charge is -2.29. The molecular formula is C26H20O3. The van der Waals surface area contributed by atoms with Gasteiger partial charge in [-0.3, -0.25) is 4.79 Å². The SMILES string of the molecule is CCc1ccc2c(c1)C(=O)c1ccccc1C2c1cc(O)c2ccccc2c1O. The predicted octanol–water partition coefficient (Wildman–Crippen LogP) is 5.54. The number of aromatic hydroxyl groups is 2. The van der Waals surface area contributed by atoms with Crippen molar-refractivity contribution in [2.75, 3.05) is 0 Å². The summed E-state index contributed by atoms with van der Waals surface area (Å²) in [6.07, 6.45) is 0.842. The van der Waals surface area contributed by atoms with Crippen LogP contribution in [0.1, 0.15) is 51.0 Å². The molecule has 0 fully saturated rings. The summed E-state index contributed by atoms with van der Waals surface area (Å²) in [6.45, 7) is 2.06. The van der Waals surface area contributed by atoms with E-state index in [0.29, 0.717) is 27.5 Å². The number of hydrogen-bond donors (Lipinski definition) is 2. The van der Waals surface area contributed by atoms with Crippen molar-refractivity contribution < 1.29 is 15.0 Å². The zero-order valence-electron chi connectivity index (χ0n) is 16.0. The van der Waals surface area contributed by atoms with E-state index in [1.807, 2.05) is 54.6 Å². The maximum atomic E-state index is 13.2. The van der Waals surface area contributed by atoms with Crippen LogP contribution in [0.5, 0.6) is 11.5 Å². The average Bonchev–Trinajstić information content (AvgIpc) is 2.77. The molecule has 4 aromatic carbocycles. The number of phenols is 2. The van der Waals surface area contributed by atoms with Crippen molar-refractivity contribution in [3.8, 4) is 11.5 Å². The van der Waals surface area contributed by atoms with Crippen LogP contribution in [0.3, 0.4) is 0 Å². The van der Waals surface area contributed by atoms with Crippen molar-refractivity contribution in [1.82, 2.24) is 0 Å². The minimum Gasteiger partial charge on any atom is -0.507 e. The normalized spacial score (nSPS) is 15.2. The van der Waals surface area contributed by atoms with Gasteiger partial charge >= 0.3 is 0 Å². The van der Waals surface area contributed by atoms with Crippen LogP contribution >= 0.6 is 0 Å². The first kappa shape index (κ1) is 17.5. The van der Waals surface area contributed by atoms with E-state index in [1.54, 1.807) is 18.2 Å². The van der Waals surface area contributed by atoms with Gasteiger partial charge in [0.05, 0.1) is 0 Å². The van der Waals surface area contributed by atoms with Gasteiger partial charge in [-0.2, -0.15) is 0 Å². The molecule has 0 bridgehead atoms. The fourth-order valence-corrected chi connectivity index (χ4v) is 4.46. The van der Waals surface area contributed by atoms with Crippen LogP contribution < -0.4 is 0 Å². The second-order valence-electron chi connectivity index (χ2n) is 7.50. The number of hydrogen-bond acceptors (Lipinski definition) is 3. The van der Waals surface area contributed by atoms with Gasteiger partial charge in [-0.15, -0.1) is 0 Å². The molecule has 142 valence electrons.